The van der Waals surface area contributed by atoms with Crippen LogP contribution >= 0.6 is 0 Å². The number of hydrogen-bond donors (Lipinski definition) is 1. The van der Waals surface area contributed by atoms with Gasteiger partial charge in [0.2, 0.25) is 5.78 Å². The standard InChI is InChI=1S/C30H23N3O2/c1-35-26-18-12-21(13-19-26)27-20-32-29(23-10-6-3-7-11-23)28(22-8-4-2-5-9-22)31-30(32)33(27)24-14-16-25(34)17-15-24/h2-20,34H,1H3. The van der Waals surface area contributed by atoms with Gasteiger partial charge < -0.3 is 9.84 Å². The number of aromatic nitrogens is 3. The van der Waals surface area contributed by atoms with Gasteiger partial charge in [0.25, 0.3) is 0 Å². The number of nitrogens with zero attached hydrogens (tertiary/aromatic N) is 3. The number of ether oxygens (including phenoxy) is 1. The van der Waals surface area contributed by atoms with Crippen molar-refractivity contribution < 1.29 is 9.84 Å². The lowest BCUT2D eigenvalue weighted by Gasteiger charge is -2.10. The van der Waals surface area contributed by atoms with Crippen molar-refractivity contribution in [3.8, 4) is 51.0 Å². The van der Waals surface area contributed by atoms with Crippen LogP contribution in [0.5, 0.6) is 11.5 Å². The van der Waals surface area contributed by atoms with Gasteiger partial charge in [0.1, 0.15) is 11.5 Å². The van der Waals surface area contributed by atoms with E-state index >= 15 is 0 Å². The highest BCUT2D eigenvalue weighted by Gasteiger charge is 2.22. The summed E-state index contributed by atoms with van der Waals surface area (Å²) in [7, 11) is 1.67. The van der Waals surface area contributed by atoms with Gasteiger partial charge in [-0.25, -0.2) is 4.98 Å². The Morgan fingerprint density at radius 1 is 0.686 bits per heavy atom. The molecule has 0 saturated heterocycles. The minimum atomic E-state index is 0.223. The van der Waals surface area contributed by atoms with Crippen LogP contribution in [0.1, 0.15) is 0 Å². The Bertz CT molecular complexity index is 1600. The lowest BCUT2D eigenvalue weighted by atomic mass is 10.0. The van der Waals surface area contributed by atoms with Crippen LogP contribution in [0.4, 0.5) is 0 Å². The van der Waals surface area contributed by atoms with Gasteiger partial charge in [-0.15, -0.1) is 0 Å². The van der Waals surface area contributed by atoms with Crippen LogP contribution in [0.25, 0.3) is 45.2 Å². The molecule has 6 aromatic rings. The van der Waals surface area contributed by atoms with Crippen LogP contribution in [0.2, 0.25) is 0 Å². The fraction of sp³-hybridized carbons (Fsp3) is 0.0333. The van der Waals surface area contributed by atoms with E-state index in [-0.39, 0.29) is 5.75 Å². The molecule has 5 heteroatoms. The average molecular weight is 458 g/mol. The molecule has 35 heavy (non-hydrogen) atoms. The Kier molecular flexibility index (Phi) is 5.08. The van der Waals surface area contributed by atoms with Crippen LogP contribution in [-0.2, 0) is 0 Å². The minimum Gasteiger partial charge on any atom is -0.508 e. The van der Waals surface area contributed by atoms with E-state index in [1.54, 1.807) is 19.2 Å². The molecular weight excluding hydrogens is 434 g/mol. The van der Waals surface area contributed by atoms with E-state index in [4.69, 9.17) is 9.72 Å². The smallest absolute Gasteiger partial charge is 0.220 e. The zero-order valence-electron chi connectivity index (χ0n) is 19.2. The lowest BCUT2D eigenvalue weighted by molar-refractivity contribution is 0.415. The molecule has 0 bridgehead atoms. The van der Waals surface area contributed by atoms with Gasteiger partial charge >= 0.3 is 0 Å². The number of aromatic hydroxyl groups is 1. The van der Waals surface area contributed by atoms with Gasteiger partial charge in [0.15, 0.2) is 0 Å². The summed E-state index contributed by atoms with van der Waals surface area (Å²) < 4.78 is 9.65. The third kappa shape index (κ3) is 3.63. The van der Waals surface area contributed by atoms with Gasteiger partial charge in [-0.3, -0.25) is 8.97 Å². The molecule has 0 atom stereocenters. The molecule has 0 aliphatic heterocycles. The first kappa shape index (κ1) is 20.8. The summed E-state index contributed by atoms with van der Waals surface area (Å²) in [4.78, 5) is 5.18. The molecule has 6 rings (SSSR count). The molecule has 0 fully saturated rings. The predicted octanol–water partition coefficient (Wildman–Crippen LogP) is 6.84. The van der Waals surface area contributed by atoms with Crippen LogP contribution in [0, 0.1) is 0 Å². The first-order valence-corrected chi connectivity index (χ1v) is 11.4. The van der Waals surface area contributed by atoms with Gasteiger partial charge in [-0.2, -0.15) is 0 Å². The third-order valence-electron chi connectivity index (χ3n) is 6.17. The van der Waals surface area contributed by atoms with E-state index in [0.717, 1.165) is 51.0 Å². The maximum Gasteiger partial charge on any atom is 0.220 e. The topological polar surface area (TPSA) is 51.7 Å². The molecule has 0 amide bonds. The van der Waals surface area contributed by atoms with Gasteiger partial charge in [0.05, 0.1) is 24.2 Å². The number of phenolic OH excluding ortho intramolecular Hbond substituents is 1. The summed E-state index contributed by atoms with van der Waals surface area (Å²) in [5.74, 6) is 1.82. The summed E-state index contributed by atoms with van der Waals surface area (Å²) in [6.07, 6.45) is 2.13. The molecule has 1 N–H and O–H groups in total. The zero-order valence-corrected chi connectivity index (χ0v) is 19.2. The van der Waals surface area contributed by atoms with Crippen molar-refractivity contribution in [3.05, 3.63) is 115 Å². The summed E-state index contributed by atoms with van der Waals surface area (Å²) in [5.41, 5.74) is 7.01. The maximum absolute atomic E-state index is 9.91. The average Bonchev–Trinajstić information content (AvgIpc) is 3.47. The molecule has 0 aliphatic carbocycles. The largest absolute Gasteiger partial charge is 0.508 e. The van der Waals surface area contributed by atoms with Crippen molar-refractivity contribution in [3.63, 3.8) is 0 Å². The Labute approximate surface area is 203 Å². The first-order chi connectivity index (χ1) is 17.2. The highest BCUT2D eigenvalue weighted by atomic mass is 16.5. The van der Waals surface area contributed by atoms with Gasteiger partial charge in [-0.05, 0) is 48.5 Å². The molecule has 0 aliphatic rings. The second-order valence-corrected chi connectivity index (χ2v) is 8.31. The number of fused-ring (bicyclic) bond motifs is 1. The van der Waals surface area contributed by atoms with E-state index in [1.807, 2.05) is 72.8 Å². The van der Waals surface area contributed by atoms with Crippen LogP contribution < -0.4 is 4.74 Å². The van der Waals surface area contributed by atoms with Crippen LogP contribution in [0.3, 0.4) is 0 Å². The molecule has 0 spiro atoms. The molecule has 0 radical (unpaired) electrons. The van der Waals surface area contributed by atoms with Gasteiger partial charge in [0, 0.05) is 28.6 Å². The lowest BCUT2D eigenvalue weighted by Crippen LogP contribution is -1.98. The zero-order chi connectivity index (χ0) is 23.8. The Morgan fingerprint density at radius 2 is 1.31 bits per heavy atom. The summed E-state index contributed by atoms with van der Waals surface area (Å²) >= 11 is 0. The highest BCUT2D eigenvalue weighted by Crippen LogP contribution is 2.37. The number of rotatable bonds is 5. The van der Waals surface area contributed by atoms with E-state index < -0.39 is 0 Å². The second kappa shape index (κ2) is 8.54. The van der Waals surface area contributed by atoms with Gasteiger partial charge in [-0.1, -0.05) is 60.7 Å². The molecule has 0 unspecified atom stereocenters. The monoisotopic (exact) mass is 457 g/mol. The van der Waals surface area contributed by atoms with E-state index in [9.17, 15) is 5.11 Å². The van der Waals surface area contributed by atoms with Crippen LogP contribution in [0.15, 0.2) is 115 Å². The van der Waals surface area contributed by atoms with Crippen molar-refractivity contribution in [2.75, 3.05) is 7.11 Å². The first-order valence-electron chi connectivity index (χ1n) is 11.4. The SMILES string of the molecule is COc1ccc(-c2cn3c(-c4ccccc4)c(-c4ccccc4)nc3n2-c2ccc(O)cc2)cc1. The number of phenols is 1. The Balaban J connectivity index is 1.69. The second-order valence-electron chi connectivity index (χ2n) is 8.31. The van der Waals surface area contributed by atoms with E-state index in [1.165, 1.54) is 0 Å². The van der Waals surface area contributed by atoms with E-state index in [2.05, 4.69) is 39.4 Å². The maximum atomic E-state index is 9.91. The molecule has 5 nitrogen and oxygen atoms in total. The van der Waals surface area contributed by atoms with Crippen molar-refractivity contribution >= 4 is 5.78 Å². The summed E-state index contributed by atoms with van der Waals surface area (Å²) in [6.45, 7) is 0. The minimum absolute atomic E-state index is 0.223. The van der Waals surface area contributed by atoms with Crippen molar-refractivity contribution in [1.82, 2.24) is 14.0 Å². The van der Waals surface area contributed by atoms with Crippen LogP contribution in [-0.4, -0.2) is 26.2 Å². The van der Waals surface area contributed by atoms with Crippen molar-refractivity contribution in [2.24, 2.45) is 0 Å². The Hall–Kier alpha value is -4.77. The summed E-state index contributed by atoms with van der Waals surface area (Å²) in [5, 5.41) is 9.91. The Morgan fingerprint density at radius 3 is 1.94 bits per heavy atom. The fourth-order valence-corrected chi connectivity index (χ4v) is 4.48. The van der Waals surface area contributed by atoms with Crippen molar-refractivity contribution in [2.45, 2.75) is 0 Å². The number of benzene rings is 4. The molecule has 0 saturated carbocycles. The molecule has 2 aromatic heterocycles. The third-order valence-corrected chi connectivity index (χ3v) is 6.17. The molecular formula is C30H23N3O2. The van der Waals surface area contributed by atoms with Crippen molar-refractivity contribution in [1.29, 1.82) is 0 Å². The molecule has 4 aromatic carbocycles. The summed E-state index contributed by atoms with van der Waals surface area (Å²) in [6, 6.07) is 35.8. The number of hydrogen-bond acceptors (Lipinski definition) is 3. The normalized spacial score (nSPS) is 11.1. The molecule has 2 heterocycles. The molecule has 170 valence electrons. The van der Waals surface area contributed by atoms with E-state index in [0.29, 0.717) is 0 Å². The quantitative estimate of drug-likeness (QED) is 0.308. The highest BCUT2D eigenvalue weighted by molar-refractivity contribution is 5.83. The number of methoxy groups -OCH3 is 1. The predicted molar refractivity (Wildman–Crippen MR) is 139 cm³/mol. The number of imidazole rings is 2. The fourth-order valence-electron chi connectivity index (χ4n) is 4.48.